The number of aliphatic carboxylic acids is 1. The molecule has 16 heavy (non-hydrogen) atoms. The van der Waals surface area contributed by atoms with Crippen LogP contribution in [-0.2, 0) is 17.4 Å². The fourth-order valence-corrected chi connectivity index (χ4v) is 1.15. The minimum atomic E-state index is -4.61. The molecule has 2 N–H and O–H groups in total. The summed E-state index contributed by atoms with van der Waals surface area (Å²) in [5, 5.41) is 17.4. The van der Waals surface area contributed by atoms with Crippen LogP contribution in [0.2, 0.25) is 0 Å². The Hall–Kier alpha value is -1.63. The molecule has 4 nitrogen and oxygen atoms in total. The Morgan fingerprint density at radius 3 is 2.62 bits per heavy atom. The van der Waals surface area contributed by atoms with Crippen LogP contribution in [0.25, 0.3) is 0 Å². The summed E-state index contributed by atoms with van der Waals surface area (Å²) in [5.74, 6) is -1.56. The van der Waals surface area contributed by atoms with Crippen molar-refractivity contribution in [1.82, 2.24) is 4.98 Å². The van der Waals surface area contributed by atoms with Crippen molar-refractivity contribution >= 4 is 5.97 Å². The number of carboxylic acids is 1. The van der Waals surface area contributed by atoms with Crippen molar-refractivity contribution in [2.75, 3.05) is 0 Å². The summed E-state index contributed by atoms with van der Waals surface area (Å²) in [6.07, 6.45) is -5.36. The molecular formula is C9H8F3NO3. The molecule has 1 heterocycles. The van der Waals surface area contributed by atoms with Crippen LogP contribution >= 0.6 is 0 Å². The predicted molar refractivity (Wildman–Crippen MR) is 46.6 cm³/mol. The zero-order valence-electron chi connectivity index (χ0n) is 7.90. The highest BCUT2D eigenvalue weighted by Crippen LogP contribution is 2.31. The van der Waals surface area contributed by atoms with E-state index in [4.69, 9.17) is 10.2 Å². The maximum atomic E-state index is 12.4. The quantitative estimate of drug-likeness (QED) is 0.822. The smallest absolute Gasteiger partial charge is 0.418 e. The van der Waals surface area contributed by atoms with Crippen molar-refractivity contribution in [3.05, 3.63) is 29.6 Å². The van der Waals surface area contributed by atoms with E-state index in [1.807, 2.05) is 0 Å². The lowest BCUT2D eigenvalue weighted by molar-refractivity contribution is -0.147. The van der Waals surface area contributed by atoms with E-state index in [9.17, 15) is 18.0 Å². The van der Waals surface area contributed by atoms with Gasteiger partial charge in [0.05, 0.1) is 5.56 Å². The summed E-state index contributed by atoms with van der Waals surface area (Å²) in [6.45, 7) is 0. The highest BCUT2D eigenvalue weighted by atomic mass is 19.4. The van der Waals surface area contributed by atoms with E-state index in [1.54, 1.807) is 0 Å². The van der Waals surface area contributed by atoms with Crippen LogP contribution in [0.15, 0.2) is 18.5 Å². The van der Waals surface area contributed by atoms with Gasteiger partial charge < -0.3 is 10.2 Å². The Balaban J connectivity index is 3.01. The number of alkyl halides is 3. The summed E-state index contributed by atoms with van der Waals surface area (Å²) in [6, 6.07) is 1.04. The molecule has 0 aliphatic rings. The van der Waals surface area contributed by atoms with Crippen LogP contribution < -0.4 is 0 Å². The molecular weight excluding hydrogens is 227 g/mol. The van der Waals surface area contributed by atoms with Gasteiger partial charge in [-0.15, -0.1) is 0 Å². The monoisotopic (exact) mass is 235 g/mol. The molecule has 1 aromatic heterocycles. The highest BCUT2D eigenvalue weighted by molar-refractivity contribution is 5.72. The number of carbonyl (C=O) groups is 1. The maximum Gasteiger partial charge on any atom is 0.418 e. The van der Waals surface area contributed by atoms with E-state index in [0.29, 0.717) is 6.20 Å². The maximum absolute atomic E-state index is 12.4. The molecule has 0 saturated heterocycles. The van der Waals surface area contributed by atoms with E-state index in [1.165, 1.54) is 0 Å². The largest absolute Gasteiger partial charge is 0.479 e. The molecule has 0 radical (unpaired) electrons. The lowest BCUT2D eigenvalue weighted by Gasteiger charge is -2.12. The summed E-state index contributed by atoms with van der Waals surface area (Å²) in [7, 11) is 0. The molecule has 88 valence electrons. The predicted octanol–water partition coefficient (Wildman–Crippen LogP) is 1.09. The van der Waals surface area contributed by atoms with Gasteiger partial charge in [-0.25, -0.2) is 4.79 Å². The topological polar surface area (TPSA) is 70.4 Å². The highest BCUT2D eigenvalue weighted by Gasteiger charge is 2.34. The molecule has 7 heteroatoms. The van der Waals surface area contributed by atoms with E-state index in [-0.39, 0.29) is 5.56 Å². The van der Waals surface area contributed by atoms with E-state index >= 15 is 0 Å². The van der Waals surface area contributed by atoms with Crippen molar-refractivity contribution in [1.29, 1.82) is 0 Å². The van der Waals surface area contributed by atoms with Crippen LogP contribution in [0.1, 0.15) is 11.1 Å². The SMILES string of the molecule is O=C(O)C(O)Cc1ccncc1C(F)(F)F. The summed E-state index contributed by atoms with van der Waals surface area (Å²) in [4.78, 5) is 13.6. The van der Waals surface area contributed by atoms with Crippen LogP contribution in [0, 0.1) is 0 Å². The zero-order chi connectivity index (χ0) is 12.3. The van der Waals surface area contributed by atoms with Gasteiger partial charge in [0.1, 0.15) is 0 Å². The number of aliphatic hydroxyl groups is 1. The van der Waals surface area contributed by atoms with Gasteiger partial charge in [-0.1, -0.05) is 0 Å². The molecule has 1 aromatic rings. The number of hydrogen-bond donors (Lipinski definition) is 2. The summed E-state index contributed by atoms with van der Waals surface area (Å²) >= 11 is 0. The second-order valence-electron chi connectivity index (χ2n) is 3.09. The standard InChI is InChI=1S/C9H8F3NO3/c10-9(11,12)6-4-13-2-1-5(6)3-7(14)8(15)16/h1-2,4,7,14H,3H2,(H,15,16). The van der Waals surface area contributed by atoms with Crippen LogP contribution in [0.3, 0.4) is 0 Å². The normalized spacial score (nSPS) is 13.5. The first-order valence-electron chi connectivity index (χ1n) is 4.23. The number of pyridine rings is 1. The Bertz CT molecular complexity index is 392. The van der Waals surface area contributed by atoms with Crippen LogP contribution in [-0.4, -0.2) is 27.3 Å². The molecule has 1 unspecified atom stereocenters. The summed E-state index contributed by atoms with van der Waals surface area (Å²) in [5.41, 5.74) is -1.33. The molecule has 0 aromatic carbocycles. The number of aliphatic hydroxyl groups excluding tert-OH is 1. The number of halogens is 3. The lowest BCUT2D eigenvalue weighted by Crippen LogP contribution is -2.23. The van der Waals surface area contributed by atoms with Gasteiger partial charge in [0.25, 0.3) is 0 Å². The number of nitrogens with zero attached hydrogens (tertiary/aromatic N) is 1. The molecule has 0 amide bonds. The molecule has 0 spiro atoms. The zero-order valence-corrected chi connectivity index (χ0v) is 7.90. The van der Waals surface area contributed by atoms with Gasteiger partial charge in [0.2, 0.25) is 0 Å². The number of carboxylic acid groups (broad SMARTS) is 1. The van der Waals surface area contributed by atoms with Crippen molar-refractivity contribution in [2.45, 2.75) is 18.7 Å². The van der Waals surface area contributed by atoms with Crippen molar-refractivity contribution in [3.63, 3.8) is 0 Å². The number of hydrogen-bond acceptors (Lipinski definition) is 3. The average Bonchev–Trinajstić information content (AvgIpc) is 2.16. The first-order valence-corrected chi connectivity index (χ1v) is 4.23. The second kappa shape index (κ2) is 4.48. The minimum absolute atomic E-state index is 0.294. The van der Waals surface area contributed by atoms with Gasteiger partial charge in [0, 0.05) is 18.8 Å². The first-order chi connectivity index (χ1) is 7.32. The molecule has 0 aliphatic heterocycles. The van der Waals surface area contributed by atoms with Gasteiger partial charge in [-0.3, -0.25) is 4.98 Å². The minimum Gasteiger partial charge on any atom is -0.479 e. The molecule has 1 rings (SSSR count). The Morgan fingerprint density at radius 1 is 1.50 bits per heavy atom. The van der Waals surface area contributed by atoms with E-state index < -0.39 is 30.2 Å². The first kappa shape index (κ1) is 12.4. The van der Waals surface area contributed by atoms with Crippen LogP contribution in [0.5, 0.6) is 0 Å². The third-order valence-corrected chi connectivity index (χ3v) is 1.92. The van der Waals surface area contributed by atoms with Crippen molar-refractivity contribution < 1.29 is 28.2 Å². The fourth-order valence-electron chi connectivity index (χ4n) is 1.15. The van der Waals surface area contributed by atoms with Gasteiger partial charge in [-0.2, -0.15) is 13.2 Å². The van der Waals surface area contributed by atoms with Crippen molar-refractivity contribution in [3.8, 4) is 0 Å². The molecule has 0 fully saturated rings. The van der Waals surface area contributed by atoms with Crippen LogP contribution in [0.4, 0.5) is 13.2 Å². The van der Waals surface area contributed by atoms with E-state index in [0.717, 1.165) is 12.3 Å². The number of aromatic nitrogens is 1. The molecule has 0 saturated carbocycles. The second-order valence-corrected chi connectivity index (χ2v) is 3.09. The van der Waals surface area contributed by atoms with Gasteiger partial charge in [0.15, 0.2) is 6.10 Å². The van der Waals surface area contributed by atoms with Crippen molar-refractivity contribution in [2.24, 2.45) is 0 Å². The average molecular weight is 235 g/mol. The van der Waals surface area contributed by atoms with E-state index in [2.05, 4.69) is 4.98 Å². The third-order valence-electron chi connectivity index (χ3n) is 1.92. The lowest BCUT2D eigenvalue weighted by atomic mass is 10.0. The fraction of sp³-hybridized carbons (Fsp3) is 0.333. The third kappa shape index (κ3) is 2.93. The molecule has 1 atom stereocenters. The molecule has 0 bridgehead atoms. The Morgan fingerprint density at radius 2 is 2.12 bits per heavy atom. The number of rotatable bonds is 3. The molecule has 0 aliphatic carbocycles. The van der Waals surface area contributed by atoms with Gasteiger partial charge in [-0.05, 0) is 11.6 Å². The van der Waals surface area contributed by atoms with Gasteiger partial charge >= 0.3 is 12.1 Å². The Kier molecular flexibility index (Phi) is 3.48. The summed E-state index contributed by atoms with van der Waals surface area (Å²) < 4.78 is 37.3. The Labute approximate surface area is 88.4 Å².